The molecule has 0 bridgehead atoms. The first-order chi connectivity index (χ1) is 13.9. The molecule has 2 aromatic rings. The summed E-state index contributed by atoms with van der Waals surface area (Å²) >= 11 is 6.13. The molecule has 8 nitrogen and oxygen atoms in total. The molecule has 9 heteroatoms. The van der Waals surface area contributed by atoms with Gasteiger partial charge in [0, 0.05) is 10.6 Å². The van der Waals surface area contributed by atoms with Crippen LogP contribution in [0.5, 0.6) is 11.5 Å². The zero-order valence-corrected chi connectivity index (χ0v) is 16.1. The van der Waals surface area contributed by atoms with E-state index in [2.05, 4.69) is 5.32 Å². The minimum atomic E-state index is -0.810. The van der Waals surface area contributed by atoms with Gasteiger partial charge in [0.2, 0.25) is 0 Å². The Kier molecular flexibility index (Phi) is 6.56. The Morgan fingerprint density at radius 3 is 2.55 bits per heavy atom. The van der Waals surface area contributed by atoms with E-state index in [9.17, 15) is 14.4 Å². The third-order valence-electron chi connectivity index (χ3n) is 4.20. The zero-order valence-electron chi connectivity index (χ0n) is 15.4. The van der Waals surface area contributed by atoms with Crippen molar-refractivity contribution in [3.8, 4) is 11.5 Å². The van der Waals surface area contributed by atoms with Gasteiger partial charge >= 0.3 is 12.0 Å². The minimum Gasteiger partial charge on any atom is -0.486 e. The first kappa shape index (κ1) is 20.5. The molecule has 0 saturated carbocycles. The van der Waals surface area contributed by atoms with Crippen LogP contribution in [0.2, 0.25) is 5.02 Å². The van der Waals surface area contributed by atoms with Crippen molar-refractivity contribution in [1.29, 1.82) is 0 Å². The molecule has 1 aliphatic rings. The third kappa shape index (κ3) is 5.39. The smallest absolute Gasteiger partial charge is 0.312 e. The number of fused-ring (bicyclic) bond motifs is 1. The quantitative estimate of drug-likeness (QED) is 0.527. The molecule has 3 rings (SSSR count). The van der Waals surface area contributed by atoms with Crippen LogP contribution < -0.4 is 20.5 Å². The van der Waals surface area contributed by atoms with Crippen molar-refractivity contribution < 1.29 is 28.6 Å². The summed E-state index contributed by atoms with van der Waals surface area (Å²) in [5.74, 6) is -0.0511. The molecule has 2 amide bonds. The summed E-state index contributed by atoms with van der Waals surface area (Å²) in [6.07, 6.45) is -0.235. The maximum atomic E-state index is 12.3. The molecular formula is C20H19ClN2O6. The van der Waals surface area contributed by atoms with E-state index in [1.165, 1.54) is 0 Å². The van der Waals surface area contributed by atoms with Crippen molar-refractivity contribution in [2.45, 2.75) is 12.5 Å². The summed E-state index contributed by atoms with van der Waals surface area (Å²) in [4.78, 5) is 35.9. The highest BCUT2D eigenvalue weighted by atomic mass is 35.5. The first-order valence-electron chi connectivity index (χ1n) is 8.83. The molecule has 1 heterocycles. The molecule has 2 aromatic carbocycles. The summed E-state index contributed by atoms with van der Waals surface area (Å²) in [7, 11) is 0. The molecule has 152 valence electrons. The Labute approximate surface area is 171 Å². The van der Waals surface area contributed by atoms with E-state index in [1.54, 1.807) is 42.5 Å². The van der Waals surface area contributed by atoms with Gasteiger partial charge in [0.25, 0.3) is 0 Å². The number of carbonyl (C=O) groups is 3. The van der Waals surface area contributed by atoms with E-state index >= 15 is 0 Å². The van der Waals surface area contributed by atoms with Crippen LogP contribution in [0.1, 0.15) is 28.4 Å². The molecule has 1 atom stereocenters. The molecule has 0 spiro atoms. The molecule has 0 saturated heterocycles. The number of primary amides is 1. The average Bonchev–Trinajstić information content (AvgIpc) is 2.71. The van der Waals surface area contributed by atoms with Crippen molar-refractivity contribution in [2.75, 3.05) is 19.8 Å². The maximum Gasteiger partial charge on any atom is 0.312 e. The van der Waals surface area contributed by atoms with Gasteiger partial charge in [0.05, 0.1) is 12.5 Å². The topological polar surface area (TPSA) is 117 Å². The van der Waals surface area contributed by atoms with Crippen LogP contribution in [0.15, 0.2) is 42.5 Å². The molecule has 0 radical (unpaired) electrons. The van der Waals surface area contributed by atoms with Crippen molar-refractivity contribution >= 4 is 29.4 Å². The number of hydrogen-bond donors (Lipinski definition) is 2. The van der Waals surface area contributed by atoms with E-state index in [0.29, 0.717) is 40.9 Å². The minimum absolute atomic E-state index is 0.235. The van der Waals surface area contributed by atoms with Gasteiger partial charge in [-0.05, 0) is 29.8 Å². The predicted molar refractivity (Wildman–Crippen MR) is 104 cm³/mol. The lowest BCUT2D eigenvalue weighted by atomic mass is 10.0. The molecule has 29 heavy (non-hydrogen) atoms. The summed E-state index contributed by atoms with van der Waals surface area (Å²) in [6.45, 7) is 0.393. The molecule has 0 aromatic heterocycles. The van der Waals surface area contributed by atoms with Crippen LogP contribution in [0.4, 0.5) is 4.79 Å². The van der Waals surface area contributed by atoms with Crippen molar-refractivity contribution in [1.82, 2.24) is 5.32 Å². The summed E-state index contributed by atoms with van der Waals surface area (Å²) in [5.41, 5.74) is 6.04. The number of ketones is 1. The number of hydrogen-bond acceptors (Lipinski definition) is 6. The first-order valence-corrected chi connectivity index (χ1v) is 9.20. The molecule has 3 N–H and O–H groups in total. The Hall–Kier alpha value is -3.26. The second-order valence-electron chi connectivity index (χ2n) is 6.23. The summed E-state index contributed by atoms with van der Waals surface area (Å²) in [6, 6.07) is 9.89. The van der Waals surface area contributed by atoms with Crippen LogP contribution in [-0.2, 0) is 9.53 Å². The predicted octanol–water partition coefficient (Wildman–Crippen LogP) is 2.64. The number of urea groups is 1. The highest BCUT2D eigenvalue weighted by Gasteiger charge is 2.22. The Morgan fingerprint density at radius 1 is 1.10 bits per heavy atom. The number of esters is 1. The number of Topliss-reactive ketones (excluding diaryl/α,β-unsaturated/α-hetero) is 1. The second-order valence-corrected chi connectivity index (χ2v) is 6.64. The van der Waals surface area contributed by atoms with E-state index < -0.39 is 30.4 Å². The SMILES string of the molecule is NC(=O)N[C@H](CC(=O)OCC(=O)c1ccc2c(c1)OCCO2)c1ccccc1Cl. The Bertz CT molecular complexity index is 933. The van der Waals surface area contributed by atoms with Crippen LogP contribution >= 0.6 is 11.6 Å². The Balaban J connectivity index is 1.61. The molecule has 0 fully saturated rings. The molecule has 0 unspecified atom stereocenters. The summed E-state index contributed by atoms with van der Waals surface area (Å²) in [5, 5.41) is 2.83. The van der Waals surface area contributed by atoms with Crippen molar-refractivity contribution in [3.05, 3.63) is 58.6 Å². The number of benzene rings is 2. The van der Waals surface area contributed by atoms with Crippen LogP contribution in [0.3, 0.4) is 0 Å². The number of nitrogens with one attached hydrogen (secondary N) is 1. The maximum absolute atomic E-state index is 12.3. The van der Waals surface area contributed by atoms with Gasteiger partial charge in [-0.25, -0.2) is 4.79 Å². The fourth-order valence-electron chi connectivity index (χ4n) is 2.84. The Morgan fingerprint density at radius 2 is 1.83 bits per heavy atom. The van der Waals surface area contributed by atoms with Gasteiger partial charge in [-0.3, -0.25) is 9.59 Å². The zero-order chi connectivity index (χ0) is 20.8. The van der Waals surface area contributed by atoms with Crippen molar-refractivity contribution in [3.63, 3.8) is 0 Å². The number of nitrogens with two attached hydrogens (primary N) is 1. The average molecular weight is 419 g/mol. The largest absolute Gasteiger partial charge is 0.486 e. The lowest BCUT2D eigenvalue weighted by Crippen LogP contribution is -2.35. The van der Waals surface area contributed by atoms with E-state index in [-0.39, 0.29) is 6.42 Å². The highest BCUT2D eigenvalue weighted by Crippen LogP contribution is 2.31. The van der Waals surface area contributed by atoms with Gasteiger partial charge < -0.3 is 25.3 Å². The van der Waals surface area contributed by atoms with Gasteiger partial charge in [0.15, 0.2) is 23.9 Å². The number of ether oxygens (including phenoxy) is 3. The lowest BCUT2D eigenvalue weighted by Gasteiger charge is -2.19. The van der Waals surface area contributed by atoms with Crippen molar-refractivity contribution in [2.24, 2.45) is 5.73 Å². The normalized spacial score (nSPS) is 13.3. The number of rotatable bonds is 7. The van der Waals surface area contributed by atoms with Gasteiger partial charge in [0.1, 0.15) is 13.2 Å². The highest BCUT2D eigenvalue weighted by molar-refractivity contribution is 6.31. The summed E-state index contributed by atoms with van der Waals surface area (Å²) < 4.78 is 15.9. The number of carbonyl (C=O) groups excluding carboxylic acids is 3. The van der Waals surface area contributed by atoms with Gasteiger partial charge in [-0.15, -0.1) is 0 Å². The number of halogens is 1. The fourth-order valence-corrected chi connectivity index (χ4v) is 3.11. The van der Waals surface area contributed by atoms with Gasteiger partial charge in [-0.2, -0.15) is 0 Å². The van der Waals surface area contributed by atoms with Gasteiger partial charge in [-0.1, -0.05) is 29.8 Å². The molecule has 0 aliphatic carbocycles. The molecular weight excluding hydrogens is 400 g/mol. The third-order valence-corrected chi connectivity index (χ3v) is 4.54. The van der Waals surface area contributed by atoms with Crippen LogP contribution in [0, 0.1) is 0 Å². The molecule has 1 aliphatic heterocycles. The van der Waals surface area contributed by atoms with Crippen LogP contribution in [0.25, 0.3) is 0 Å². The van der Waals surface area contributed by atoms with E-state index in [4.69, 9.17) is 31.5 Å². The van der Waals surface area contributed by atoms with E-state index in [0.717, 1.165) is 0 Å². The van der Waals surface area contributed by atoms with Crippen LogP contribution in [-0.4, -0.2) is 37.6 Å². The lowest BCUT2D eigenvalue weighted by molar-refractivity contribution is -0.143. The number of amides is 2. The monoisotopic (exact) mass is 418 g/mol. The standard InChI is InChI=1S/C20H19ClN2O6/c21-14-4-2-1-3-13(14)15(23-20(22)26)10-19(25)29-11-16(24)12-5-6-17-18(9-12)28-8-7-27-17/h1-6,9,15H,7-8,10-11H2,(H3,22,23,26)/t15-/m1/s1. The van der Waals surface area contributed by atoms with E-state index in [1.807, 2.05) is 0 Å². The second kappa shape index (κ2) is 9.29. The fraction of sp³-hybridized carbons (Fsp3) is 0.250.